The van der Waals surface area contributed by atoms with Gasteiger partial charge in [-0.25, -0.2) is 4.68 Å². The van der Waals surface area contributed by atoms with Crippen LogP contribution >= 0.6 is 11.6 Å². The van der Waals surface area contributed by atoms with Gasteiger partial charge in [0.1, 0.15) is 24.7 Å². The van der Waals surface area contributed by atoms with Crippen LogP contribution in [-0.4, -0.2) is 20.5 Å². The molecule has 3 aromatic rings. The molecule has 0 saturated carbocycles. The second-order valence-electron chi connectivity index (χ2n) is 6.60. The van der Waals surface area contributed by atoms with Gasteiger partial charge in [-0.3, -0.25) is 4.79 Å². The number of ketones is 1. The van der Waals surface area contributed by atoms with Gasteiger partial charge < -0.3 is 10.1 Å². The third-order valence-corrected chi connectivity index (χ3v) is 4.95. The summed E-state index contributed by atoms with van der Waals surface area (Å²) in [6, 6.07) is 14.8. The van der Waals surface area contributed by atoms with Crippen molar-refractivity contribution in [2.24, 2.45) is 0 Å². The number of hydrogen-bond acceptors (Lipinski definition) is 5. The molecule has 7 heteroatoms. The first-order valence-corrected chi connectivity index (χ1v) is 9.27. The number of nitrogens with zero attached hydrogens (tertiary/aromatic N) is 3. The molecule has 142 valence electrons. The molecule has 1 aromatic heterocycles. The first-order chi connectivity index (χ1) is 13.5. The molecule has 0 saturated heterocycles. The highest BCUT2D eigenvalue weighted by molar-refractivity contribution is 6.30. The molecule has 1 N–H and O–H groups in total. The van der Waals surface area contributed by atoms with E-state index in [-0.39, 0.29) is 5.78 Å². The maximum atomic E-state index is 12.4. The van der Waals surface area contributed by atoms with Crippen LogP contribution < -0.4 is 10.1 Å². The Kier molecular flexibility index (Phi) is 4.88. The van der Waals surface area contributed by atoms with Crippen LogP contribution in [-0.2, 0) is 11.4 Å². The number of Topliss-reactive ketones (excluding diaryl/α,β-unsaturated/α-hetero) is 1. The van der Waals surface area contributed by atoms with E-state index in [1.165, 1.54) is 6.33 Å². The number of anilines is 1. The second-order valence-corrected chi connectivity index (χ2v) is 7.04. The molecule has 0 fully saturated rings. The molecule has 1 atom stereocenters. The molecule has 1 unspecified atom stereocenters. The van der Waals surface area contributed by atoms with Gasteiger partial charge in [0, 0.05) is 21.9 Å². The average Bonchev–Trinajstić information content (AvgIpc) is 3.14. The number of aromatic nitrogens is 3. The predicted octanol–water partition coefficient (Wildman–Crippen LogP) is 4.39. The Morgan fingerprint density at radius 2 is 1.96 bits per heavy atom. The van der Waals surface area contributed by atoms with Gasteiger partial charge >= 0.3 is 0 Å². The summed E-state index contributed by atoms with van der Waals surface area (Å²) in [4.78, 5) is 16.7. The molecule has 0 aliphatic carbocycles. The van der Waals surface area contributed by atoms with Crippen LogP contribution in [0, 0.1) is 0 Å². The first-order valence-electron chi connectivity index (χ1n) is 8.89. The van der Waals surface area contributed by atoms with E-state index < -0.39 is 6.04 Å². The predicted molar refractivity (Wildman–Crippen MR) is 107 cm³/mol. The van der Waals surface area contributed by atoms with Crippen LogP contribution in [0.1, 0.15) is 31.0 Å². The topological polar surface area (TPSA) is 69.0 Å². The minimum atomic E-state index is -0.405. The molecule has 0 spiro atoms. The summed E-state index contributed by atoms with van der Waals surface area (Å²) in [5.74, 6) is 1.26. The van der Waals surface area contributed by atoms with E-state index in [1.807, 2.05) is 55.5 Å². The summed E-state index contributed by atoms with van der Waals surface area (Å²) in [6.45, 7) is 3.83. The molecule has 0 amide bonds. The van der Waals surface area contributed by atoms with Crippen molar-refractivity contribution >= 4 is 23.3 Å². The summed E-state index contributed by atoms with van der Waals surface area (Å²) >= 11 is 5.95. The average molecular weight is 395 g/mol. The van der Waals surface area contributed by atoms with Crippen LogP contribution in [0.4, 0.5) is 5.95 Å². The van der Waals surface area contributed by atoms with Gasteiger partial charge in [-0.1, -0.05) is 41.9 Å². The zero-order chi connectivity index (χ0) is 19.7. The third kappa shape index (κ3) is 3.39. The zero-order valence-corrected chi connectivity index (χ0v) is 16.3. The second kappa shape index (κ2) is 7.48. The van der Waals surface area contributed by atoms with Crippen molar-refractivity contribution in [3.05, 3.63) is 82.3 Å². The minimum absolute atomic E-state index is 0.0244. The zero-order valence-electron chi connectivity index (χ0n) is 15.5. The standard InChI is InChI=1S/C21H19ClN4O2/c1-13-19(14(2)27)20(26-21(25-13)23-12-24-26)17-5-3-4-6-18(17)28-11-15-7-9-16(22)10-8-15/h3-10,12,20H,11H2,1-2H3,(H,23,24,25). The molecule has 28 heavy (non-hydrogen) atoms. The third-order valence-electron chi connectivity index (χ3n) is 4.69. The van der Waals surface area contributed by atoms with E-state index >= 15 is 0 Å². The normalized spacial score (nSPS) is 15.8. The van der Waals surface area contributed by atoms with Gasteiger partial charge in [0.2, 0.25) is 5.95 Å². The lowest BCUT2D eigenvalue weighted by Gasteiger charge is -2.29. The molecule has 1 aliphatic rings. The van der Waals surface area contributed by atoms with Crippen molar-refractivity contribution in [3.8, 4) is 5.75 Å². The number of hydrogen-bond donors (Lipinski definition) is 1. The number of para-hydroxylation sites is 1. The van der Waals surface area contributed by atoms with E-state index in [2.05, 4.69) is 15.4 Å². The number of nitrogens with one attached hydrogen (secondary N) is 1. The molecular weight excluding hydrogens is 376 g/mol. The molecule has 1 aliphatic heterocycles. The maximum Gasteiger partial charge on any atom is 0.226 e. The van der Waals surface area contributed by atoms with E-state index in [1.54, 1.807) is 11.6 Å². The summed E-state index contributed by atoms with van der Waals surface area (Å²) in [5, 5.41) is 8.17. The van der Waals surface area contributed by atoms with Gasteiger partial charge in [0.15, 0.2) is 5.78 Å². The fourth-order valence-corrected chi connectivity index (χ4v) is 3.54. The van der Waals surface area contributed by atoms with E-state index in [0.29, 0.717) is 28.9 Å². The molecule has 4 rings (SSSR count). The lowest BCUT2D eigenvalue weighted by atomic mass is 9.92. The van der Waals surface area contributed by atoms with E-state index in [9.17, 15) is 4.79 Å². The first kappa shape index (κ1) is 18.3. The van der Waals surface area contributed by atoms with Crippen molar-refractivity contribution in [1.29, 1.82) is 0 Å². The van der Waals surface area contributed by atoms with Crippen LogP contribution in [0.5, 0.6) is 5.75 Å². The lowest BCUT2D eigenvalue weighted by Crippen LogP contribution is -2.28. The summed E-state index contributed by atoms with van der Waals surface area (Å²) in [7, 11) is 0. The molecular formula is C21H19ClN4O2. The molecule has 2 heterocycles. The van der Waals surface area contributed by atoms with Crippen LogP contribution in [0.25, 0.3) is 0 Å². The van der Waals surface area contributed by atoms with Gasteiger partial charge in [-0.2, -0.15) is 10.1 Å². The Morgan fingerprint density at radius 3 is 2.71 bits per heavy atom. The highest BCUT2D eigenvalue weighted by Gasteiger charge is 2.33. The Morgan fingerprint density at radius 1 is 1.21 bits per heavy atom. The summed E-state index contributed by atoms with van der Waals surface area (Å²) in [5.41, 5.74) is 3.27. The van der Waals surface area contributed by atoms with Crippen LogP contribution in [0.2, 0.25) is 5.02 Å². The SMILES string of the molecule is CC(=O)C1=C(C)Nc2ncnn2C1c1ccccc1OCc1ccc(Cl)cc1. The number of carbonyl (C=O) groups excluding carboxylic acids is 1. The van der Waals surface area contributed by atoms with Crippen molar-refractivity contribution in [3.63, 3.8) is 0 Å². The number of fused-ring (bicyclic) bond motifs is 1. The maximum absolute atomic E-state index is 12.4. The van der Waals surface area contributed by atoms with Crippen LogP contribution in [0.15, 0.2) is 66.1 Å². The van der Waals surface area contributed by atoms with Gasteiger partial charge in [-0.05, 0) is 37.6 Å². The number of rotatable bonds is 5. The number of ether oxygens (including phenoxy) is 1. The number of carbonyl (C=O) groups is 1. The monoisotopic (exact) mass is 394 g/mol. The van der Waals surface area contributed by atoms with E-state index in [4.69, 9.17) is 16.3 Å². The van der Waals surface area contributed by atoms with Crippen molar-refractivity contribution in [1.82, 2.24) is 14.8 Å². The van der Waals surface area contributed by atoms with Gasteiger partial charge in [0.05, 0.1) is 0 Å². The number of halogens is 1. The molecule has 0 radical (unpaired) electrons. The van der Waals surface area contributed by atoms with Gasteiger partial charge in [-0.15, -0.1) is 0 Å². The lowest BCUT2D eigenvalue weighted by molar-refractivity contribution is -0.114. The molecule has 2 aromatic carbocycles. The van der Waals surface area contributed by atoms with Gasteiger partial charge in [0.25, 0.3) is 0 Å². The molecule has 0 bridgehead atoms. The Bertz CT molecular complexity index is 1060. The minimum Gasteiger partial charge on any atom is -0.489 e. The van der Waals surface area contributed by atoms with Crippen LogP contribution in [0.3, 0.4) is 0 Å². The Balaban J connectivity index is 1.73. The Hall–Kier alpha value is -3.12. The molecule has 6 nitrogen and oxygen atoms in total. The van der Waals surface area contributed by atoms with Crippen molar-refractivity contribution < 1.29 is 9.53 Å². The number of benzene rings is 2. The van der Waals surface area contributed by atoms with Crippen molar-refractivity contribution in [2.45, 2.75) is 26.5 Å². The largest absolute Gasteiger partial charge is 0.489 e. The number of allylic oxidation sites excluding steroid dienone is 2. The van der Waals surface area contributed by atoms with E-state index in [0.717, 1.165) is 16.8 Å². The van der Waals surface area contributed by atoms with Crippen molar-refractivity contribution in [2.75, 3.05) is 5.32 Å². The fraction of sp³-hybridized carbons (Fsp3) is 0.190. The summed E-state index contributed by atoms with van der Waals surface area (Å²) in [6.07, 6.45) is 1.48. The summed E-state index contributed by atoms with van der Waals surface area (Å²) < 4.78 is 7.83. The quantitative estimate of drug-likeness (QED) is 0.695. The fourth-order valence-electron chi connectivity index (χ4n) is 3.41. The smallest absolute Gasteiger partial charge is 0.226 e. The highest BCUT2D eigenvalue weighted by atomic mass is 35.5. The highest BCUT2D eigenvalue weighted by Crippen LogP contribution is 2.39. The Labute approximate surface area is 167 Å².